The van der Waals surface area contributed by atoms with Crippen molar-refractivity contribution >= 4 is 21.4 Å². The van der Waals surface area contributed by atoms with Crippen LogP contribution >= 0.6 is 11.6 Å². The highest BCUT2D eigenvalue weighted by atomic mass is 35.5. The summed E-state index contributed by atoms with van der Waals surface area (Å²) in [5, 5.41) is -0.374. The molecule has 0 aliphatic heterocycles. The molecule has 0 aliphatic rings. The topological polar surface area (TPSA) is 43.4 Å². The van der Waals surface area contributed by atoms with E-state index in [1.807, 2.05) is 19.1 Å². The summed E-state index contributed by atoms with van der Waals surface area (Å²) in [5.74, 6) is 6.72. The lowest BCUT2D eigenvalue weighted by Crippen LogP contribution is -2.22. The summed E-state index contributed by atoms with van der Waals surface area (Å²) in [4.78, 5) is 0. The third-order valence-electron chi connectivity index (χ3n) is 2.84. The highest BCUT2D eigenvalue weighted by molar-refractivity contribution is 7.91. The number of hydrogen-bond acceptors (Lipinski definition) is 3. The van der Waals surface area contributed by atoms with Gasteiger partial charge in [0.05, 0.1) is 16.9 Å². The molecule has 0 unspecified atom stereocenters. The Labute approximate surface area is 126 Å². The Bertz CT molecular complexity index is 610. The maximum Gasteiger partial charge on any atom is 0.155 e. The van der Waals surface area contributed by atoms with E-state index in [0.29, 0.717) is 11.6 Å². The van der Waals surface area contributed by atoms with Gasteiger partial charge in [0.1, 0.15) is 12.4 Å². The standard InChI is InChI=1S/C15H19ClO3S/c1-12(2)20(17,18)10-9-19-15-7-6-14(5-4-8-16)13(3)11-15/h6-7,11-12H,8-10H2,1-3H3. The molecule has 1 aromatic rings. The number of rotatable bonds is 5. The zero-order valence-electron chi connectivity index (χ0n) is 11.9. The predicted octanol–water partition coefficient (Wildman–Crippen LogP) is 2.79. The van der Waals surface area contributed by atoms with E-state index in [2.05, 4.69) is 11.8 Å². The minimum absolute atomic E-state index is 0.0253. The molecular formula is C15H19ClO3S. The number of ether oxygens (including phenoxy) is 1. The van der Waals surface area contributed by atoms with Crippen LogP contribution in [0.2, 0.25) is 0 Å². The highest BCUT2D eigenvalue weighted by Crippen LogP contribution is 2.17. The van der Waals surface area contributed by atoms with Gasteiger partial charge in [0.15, 0.2) is 9.84 Å². The van der Waals surface area contributed by atoms with Crippen LogP contribution in [0, 0.1) is 18.8 Å². The van der Waals surface area contributed by atoms with Gasteiger partial charge < -0.3 is 4.74 Å². The molecule has 0 heterocycles. The molecule has 5 heteroatoms. The lowest BCUT2D eigenvalue weighted by molar-refractivity contribution is 0.340. The zero-order chi connectivity index (χ0) is 15.2. The molecule has 1 rings (SSSR count). The number of hydrogen-bond donors (Lipinski definition) is 0. The van der Waals surface area contributed by atoms with Crippen molar-refractivity contribution < 1.29 is 13.2 Å². The predicted molar refractivity (Wildman–Crippen MR) is 83.2 cm³/mol. The average molecular weight is 315 g/mol. The lowest BCUT2D eigenvalue weighted by Gasteiger charge is -2.10. The summed E-state index contributed by atoms with van der Waals surface area (Å²) in [7, 11) is -3.06. The first-order chi connectivity index (χ1) is 9.36. The fraction of sp³-hybridized carbons (Fsp3) is 0.467. The van der Waals surface area contributed by atoms with Crippen molar-refractivity contribution in [3.05, 3.63) is 29.3 Å². The first-order valence-electron chi connectivity index (χ1n) is 6.36. The second kappa shape index (κ2) is 7.56. The van der Waals surface area contributed by atoms with E-state index in [0.717, 1.165) is 11.1 Å². The minimum atomic E-state index is -3.06. The van der Waals surface area contributed by atoms with Gasteiger partial charge in [-0.15, -0.1) is 11.6 Å². The SMILES string of the molecule is Cc1cc(OCCS(=O)(=O)C(C)C)ccc1C#CCCl. The third-order valence-corrected chi connectivity index (χ3v) is 5.15. The number of benzene rings is 1. The van der Waals surface area contributed by atoms with Gasteiger partial charge >= 0.3 is 0 Å². The molecular weight excluding hydrogens is 296 g/mol. The molecule has 1 aromatic carbocycles. The lowest BCUT2D eigenvalue weighted by atomic mass is 10.1. The quantitative estimate of drug-likeness (QED) is 0.620. The van der Waals surface area contributed by atoms with E-state index in [-0.39, 0.29) is 17.6 Å². The van der Waals surface area contributed by atoms with E-state index in [9.17, 15) is 8.42 Å². The number of halogens is 1. The van der Waals surface area contributed by atoms with Crippen LogP contribution in [-0.4, -0.2) is 31.9 Å². The first kappa shape index (κ1) is 16.9. The summed E-state index contributed by atoms with van der Waals surface area (Å²) < 4.78 is 28.8. The molecule has 0 spiro atoms. The van der Waals surface area contributed by atoms with Crippen molar-refractivity contribution in [2.75, 3.05) is 18.2 Å². The Balaban J connectivity index is 2.65. The molecule has 0 saturated heterocycles. The Hall–Kier alpha value is -1.18. The average Bonchev–Trinajstić information content (AvgIpc) is 2.37. The molecule has 110 valence electrons. The molecule has 0 fully saturated rings. The van der Waals surface area contributed by atoms with Crippen LogP contribution in [0.1, 0.15) is 25.0 Å². The van der Waals surface area contributed by atoms with Crippen LogP contribution in [0.3, 0.4) is 0 Å². The summed E-state index contributed by atoms with van der Waals surface area (Å²) in [6, 6.07) is 5.48. The van der Waals surface area contributed by atoms with E-state index in [1.54, 1.807) is 19.9 Å². The molecule has 0 aromatic heterocycles. The second-order valence-electron chi connectivity index (χ2n) is 4.68. The van der Waals surface area contributed by atoms with Gasteiger partial charge in [-0.25, -0.2) is 8.42 Å². The number of alkyl halides is 1. The van der Waals surface area contributed by atoms with Crippen LogP contribution in [0.15, 0.2) is 18.2 Å². The second-order valence-corrected chi connectivity index (χ2v) is 7.62. The van der Waals surface area contributed by atoms with Crippen LogP contribution < -0.4 is 4.74 Å². The molecule has 0 aliphatic carbocycles. The van der Waals surface area contributed by atoms with Crippen molar-refractivity contribution in [2.45, 2.75) is 26.0 Å². The van der Waals surface area contributed by atoms with E-state index in [1.165, 1.54) is 0 Å². The molecule has 0 N–H and O–H groups in total. The highest BCUT2D eigenvalue weighted by Gasteiger charge is 2.15. The van der Waals surface area contributed by atoms with Gasteiger partial charge in [-0.1, -0.05) is 11.8 Å². The van der Waals surface area contributed by atoms with Gasteiger partial charge in [0.2, 0.25) is 0 Å². The maximum atomic E-state index is 11.6. The van der Waals surface area contributed by atoms with Gasteiger partial charge in [-0.05, 0) is 44.5 Å². The molecule has 3 nitrogen and oxygen atoms in total. The number of aryl methyl sites for hydroxylation is 1. The summed E-state index contributed by atoms with van der Waals surface area (Å²) in [6.45, 7) is 5.43. The molecule has 20 heavy (non-hydrogen) atoms. The van der Waals surface area contributed by atoms with Crippen molar-refractivity contribution in [1.82, 2.24) is 0 Å². The minimum Gasteiger partial charge on any atom is -0.493 e. The molecule has 0 radical (unpaired) electrons. The van der Waals surface area contributed by atoms with E-state index >= 15 is 0 Å². The van der Waals surface area contributed by atoms with Crippen LogP contribution in [-0.2, 0) is 9.84 Å². The Kier molecular flexibility index (Phi) is 6.38. The van der Waals surface area contributed by atoms with Crippen molar-refractivity contribution in [1.29, 1.82) is 0 Å². The van der Waals surface area contributed by atoms with E-state index < -0.39 is 9.84 Å². The molecule has 0 bridgehead atoms. The summed E-state index contributed by atoms with van der Waals surface area (Å²) >= 11 is 5.52. The van der Waals surface area contributed by atoms with Crippen LogP contribution in [0.5, 0.6) is 5.75 Å². The van der Waals surface area contributed by atoms with Crippen LogP contribution in [0.4, 0.5) is 0 Å². The monoisotopic (exact) mass is 314 g/mol. The zero-order valence-corrected chi connectivity index (χ0v) is 13.5. The largest absolute Gasteiger partial charge is 0.493 e. The third kappa shape index (κ3) is 5.07. The maximum absolute atomic E-state index is 11.6. The van der Waals surface area contributed by atoms with Gasteiger partial charge in [0, 0.05) is 5.56 Å². The fourth-order valence-electron chi connectivity index (χ4n) is 1.51. The Morgan fingerprint density at radius 1 is 1.35 bits per heavy atom. The van der Waals surface area contributed by atoms with Crippen molar-refractivity contribution in [3.8, 4) is 17.6 Å². The van der Waals surface area contributed by atoms with E-state index in [4.69, 9.17) is 16.3 Å². The Morgan fingerprint density at radius 3 is 2.60 bits per heavy atom. The normalized spacial score (nSPS) is 11.1. The Morgan fingerprint density at radius 2 is 2.05 bits per heavy atom. The van der Waals surface area contributed by atoms with Crippen molar-refractivity contribution in [2.24, 2.45) is 0 Å². The molecule has 0 amide bonds. The number of sulfone groups is 1. The van der Waals surface area contributed by atoms with Crippen molar-refractivity contribution in [3.63, 3.8) is 0 Å². The van der Waals surface area contributed by atoms with Gasteiger partial charge in [0.25, 0.3) is 0 Å². The first-order valence-corrected chi connectivity index (χ1v) is 8.61. The molecule has 0 atom stereocenters. The summed E-state index contributed by atoms with van der Waals surface area (Å²) in [5.41, 5.74) is 1.87. The van der Waals surface area contributed by atoms with Gasteiger partial charge in [-0.3, -0.25) is 0 Å². The van der Waals surface area contributed by atoms with Crippen LogP contribution in [0.25, 0.3) is 0 Å². The fourth-order valence-corrected chi connectivity index (χ4v) is 2.36. The smallest absolute Gasteiger partial charge is 0.155 e. The van der Waals surface area contributed by atoms with Gasteiger partial charge in [-0.2, -0.15) is 0 Å². The molecule has 0 saturated carbocycles. The summed E-state index contributed by atoms with van der Waals surface area (Å²) in [6.07, 6.45) is 0.